The van der Waals surface area contributed by atoms with Crippen LogP contribution in [0.4, 0.5) is 0 Å². The maximum absolute atomic E-state index is 12.5. The third-order valence-electron chi connectivity index (χ3n) is 4.00. The third-order valence-corrected chi connectivity index (χ3v) is 4.00. The molecule has 0 aliphatic rings. The molecule has 0 saturated heterocycles. The second kappa shape index (κ2) is 10.4. The van der Waals surface area contributed by atoms with E-state index in [-0.39, 0.29) is 44.5 Å². The fourth-order valence-electron chi connectivity index (χ4n) is 2.68. The molecule has 0 atom stereocenters. The predicted molar refractivity (Wildman–Crippen MR) is 110 cm³/mol. The summed E-state index contributed by atoms with van der Waals surface area (Å²) in [7, 11) is 0. The molecular formula is C22H23NO7. The zero-order valence-corrected chi connectivity index (χ0v) is 16.5. The quantitative estimate of drug-likeness (QED) is 0.385. The number of hydrogen-bond acceptors (Lipinski definition) is 8. The van der Waals surface area contributed by atoms with Gasteiger partial charge in [0.05, 0.1) is 19.8 Å². The van der Waals surface area contributed by atoms with E-state index < -0.39 is 5.97 Å². The zero-order chi connectivity index (χ0) is 21.3. The summed E-state index contributed by atoms with van der Waals surface area (Å²) in [6, 6.07) is 12.1. The Morgan fingerprint density at radius 1 is 1.03 bits per heavy atom. The number of aliphatic hydroxyl groups is 2. The van der Waals surface area contributed by atoms with Crippen molar-refractivity contribution >= 4 is 28.7 Å². The van der Waals surface area contributed by atoms with Gasteiger partial charge in [-0.1, -0.05) is 12.1 Å². The van der Waals surface area contributed by atoms with Gasteiger partial charge in [-0.2, -0.15) is 0 Å². The fourth-order valence-corrected chi connectivity index (χ4v) is 2.68. The fraction of sp³-hybridized carbons (Fsp3) is 0.273. The van der Waals surface area contributed by atoms with Crippen LogP contribution in [-0.2, 0) is 9.53 Å². The first-order valence-electron chi connectivity index (χ1n) is 9.51. The number of ether oxygens (including phenoxy) is 3. The molecule has 0 spiro atoms. The van der Waals surface area contributed by atoms with Crippen LogP contribution in [0.5, 0.6) is 11.5 Å². The Morgan fingerprint density at radius 2 is 1.70 bits per heavy atom. The highest BCUT2D eigenvalue weighted by Gasteiger charge is 2.20. The van der Waals surface area contributed by atoms with Crippen molar-refractivity contribution in [3.8, 4) is 11.5 Å². The Kier molecular flexibility index (Phi) is 7.42. The third kappa shape index (κ3) is 5.37. The molecule has 0 saturated carbocycles. The van der Waals surface area contributed by atoms with Crippen molar-refractivity contribution in [2.24, 2.45) is 0 Å². The first kappa shape index (κ1) is 21.4. The van der Waals surface area contributed by atoms with Crippen LogP contribution in [0.3, 0.4) is 0 Å². The van der Waals surface area contributed by atoms with Crippen LogP contribution in [0.2, 0.25) is 0 Å². The highest BCUT2D eigenvalue weighted by Crippen LogP contribution is 2.27. The summed E-state index contributed by atoms with van der Waals surface area (Å²) in [5.41, 5.74) is 1.91. The molecule has 0 unspecified atom stereocenters. The van der Waals surface area contributed by atoms with Crippen molar-refractivity contribution in [2.45, 2.75) is 6.92 Å². The molecule has 8 nitrogen and oxygen atoms in total. The number of hydrogen-bond donors (Lipinski definition) is 2. The normalized spacial score (nSPS) is 11.5. The predicted octanol–water partition coefficient (Wildman–Crippen LogP) is 2.67. The standard InChI is InChI=1S/C22H23NO7/c1-2-27-22(26)18(13-15-3-5-16(6-4-15)28-11-9-24)21-23-19-8-7-17(29-12-10-25)14-20(19)30-21/h3-8,13-14,24-25H,2,9-12H2,1H3. The van der Waals surface area contributed by atoms with Gasteiger partial charge in [0.25, 0.3) is 0 Å². The van der Waals surface area contributed by atoms with Crippen LogP contribution in [0, 0.1) is 0 Å². The van der Waals surface area contributed by atoms with E-state index >= 15 is 0 Å². The van der Waals surface area contributed by atoms with Crippen molar-refractivity contribution in [2.75, 3.05) is 33.0 Å². The highest BCUT2D eigenvalue weighted by atomic mass is 16.5. The molecule has 0 amide bonds. The molecule has 0 aliphatic heterocycles. The smallest absolute Gasteiger partial charge is 0.343 e. The van der Waals surface area contributed by atoms with Crippen molar-refractivity contribution in [3.63, 3.8) is 0 Å². The number of aliphatic hydroxyl groups excluding tert-OH is 2. The molecular weight excluding hydrogens is 390 g/mol. The lowest BCUT2D eigenvalue weighted by Crippen LogP contribution is -2.07. The lowest BCUT2D eigenvalue weighted by molar-refractivity contribution is -0.136. The van der Waals surface area contributed by atoms with Gasteiger partial charge in [0, 0.05) is 6.07 Å². The summed E-state index contributed by atoms with van der Waals surface area (Å²) in [5.74, 6) is 0.709. The molecule has 0 radical (unpaired) electrons. The number of carbonyl (C=O) groups is 1. The molecule has 158 valence electrons. The SMILES string of the molecule is CCOC(=O)C(=Cc1ccc(OCCO)cc1)c1nc2ccc(OCCO)cc2o1. The molecule has 3 aromatic rings. The first-order valence-corrected chi connectivity index (χ1v) is 9.51. The summed E-state index contributed by atoms with van der Waals surface area (Å²) < 4.78 is 21.7. The van der Waals surface area contributed by atoms with Gasteiger partial charge < -0.3 is 28.8 Å². The van der Waals surface area contributed by atoms with Gasteiger partial charge in [-0.25, -0.2) is 9.78 Å². The average Bonchev–Trinajstić information content (AvgIpc) is 3.18. The number of fused-ring (bicyclic) bond motifs is 1. The average molecular weight is 413 g/mol. The van der Waals surface area contributed by atoms with Gasteiger partial charge in [-0.05, 0) is 42.8 Å². The number of rotatable bonds is 10. The Labute approximate surface area is 173 Å². The lowest BCUT2D eigenvalue weighted by atomic mass is 10.1. The van der Waals surface area contributed by atoms with Gasteiger partial charge in [0.2, 0.25) is 5.89 Å². The molecule has 2 N–H and O–H groups in total. The Morgan fingerprint density at radius 3 is 2.37 bits per heavy atom. The molecule has 1 aromatic heterocycles. The van der Waals surface area contributed by atoms with Crippen molar-refractivity contribution in [3.05, 3.63) is 53.9 Å². The minimum atomic E-state index is -0.554. The molecule has 3 rings (SSSR count). The zero-order valence-electron chi connectivity index (χ0n) is 16.5. The summed E-state index contributed by atoms with van der Waals surface area (Å²) in [4.78, 5) is 16.9. The molecule has 2 aromatic carbocycles. The Bertz CT molecular complexity index is 1010. The molecule has 8 heteroatoms. The van der Waals surface area contributed by atoms with Gasteiger partial charge in [-0.15, -0.1) is 0 Å². The van der Waals surface area contributed by atoms with Crippen LogP contribution in [0.1, 0.15) is 18.4 Å². The van der Waals surface area contributed by atoms with Gasteiger partial charge >= 0.3 is 5.97 Å². The van der Waals surface area contributed by atoms with Crippen LogP contribution in [0.15, 0.2) is 46.9 Å². The number of carbonyl (C=O) groups excluding carboxylic acids is 1. The second-order valence-electron chi connectivity index (χ2n) is 6.14. The van der Waals surface area contributed by atoms with Gasteiger partial charge in [0.15, 0.2) is 5.58 Å². The number of benzene rings is 2. The maximum Gasteiger partial charge on any atom is 0.343 e. The minimum Gasteiger partial charge on any atom is -0.491 e. The number of nitrogens with zero attached hydrogens (tertiary/aromatic N) is 1. The van der Waals surface area contributed by atoms with E-state index in [0.29, 0.717) is 22.6 Å². The number of oxazole rings is 1. The van der Waals surface area contributed by atoms with Crippen LogP contribution in [0.25, 0.3) is 22.7 Å². The summed E-state index contributed by atoms with van der Waals surface area (Å²) in [6.07, 6.45) is 1.63. The summed E-state index contributed by atoms with van der Waals surface area (Å²) >= 11 is 0. The first-order chi connectivity index (χ1) is 14.6. The Balaban J connectivity index is 1.93. The van der Waals surface area contributed by atoms with Crippen molar-refractivity contribution in [1.29, 1.82) is 0 Å². The molecule has 0 bridgehead atoms. The number of aromatic nitrogens is 1. The molecule has 0 aliphatic carbocycles. The lowest BCUT2D eigenvalue weighted by Gasteiger charge is -2.06. The van der Waals surface area contributed by atoms with E-state index in [1.807, 2.05) is 0 Å². The molecule has 30 heavy (non-hydrogen) atoms. The number of esters is 1. The largest absolute Gasteiger partial charge is 0.491 e. The minimum absolute atomic E-state index is 0.0703. The van der Waals surface area contributed by atoms with Crippen molar-refractivity contribution in [1.82, 2.24) is 4.98 Å². The van der Waals surface area contributed by atoms with E-state index in [1.165, 1.54) is 0 Å². The summed E-state index contributed by atoms with van der Waals surface area (Å²) in [6.45, 7) is 2.14. The van der Waals surface area contributed by atoms with Crippen LogP contribution in [-0.4, -0.2) is 54.2 Å². The topological polar surface area (TPSA) is 111 Å². The highest BCUT2D eigenvalue weighted by molar-refractivity contribution is 6.20. The van der Waals surface area contributed by atoms with E-state index in [4.69, 9.17) is 28.8 Å². The van der Waals surface area contributed by atoms with E-state index in [0.717, 1.165) is 5.56 Å². The van der Waals surface area contributed by atoms with Gasteiger partial charge in [-0.3, -0.25) is 0 Å². The van der Waals surface area contributed by atoms with E-state index in [9.17, 15) is 4.79 Å². The second-order valence-corrected chi connectivity index (χ2v) is 6.14. The van der Waals surface area contributed by atoms with Crippen molar-refractivity contribution < 1.29 is 33.6 Å². The maximum atomic E-state index is 12.5. The van der Waals surface area contributed by atoms with Gasteiger partial charge in [0.1, 0.15) is 35.8 Å². The molecule has 1 heterocycles. The monoisotopic (exact) mass is 413 g/mol. The Hall–Kier alpha value is -3.36. The van der Waals surface area contributed by atoms with E-state index in [2.05, 4.69) is 4.98 Å². The van der Waals surface area contributed by atoms with E-state index in [1.54, 1.807) is 55.5 Å². The summed E-state index contributed by atoms with van der Waals surface area (Å²) in [5, 5.41) is 17.7. The molecule has 0 fully saturated rings. The van der Waals surface area contributed by atoms with Crippen LogP contribution < -0.4 is 9.47 Å². The van der Waals surface area contributed by atoms with Crippen LogP contribution >= 0.6 is 0 Å².